The van der Waals surface area contributed by atoms with E-state index in [0.29, 0.717) is 51.8 Å². The first-order chi connectivity index (χ1) is 29.9. The topological polar surface area (TPSA) is 208 Å². The number of anilines is 2. The third-order valence-corrected chi connectivity index (χ3v) is 11.5. The van der Waals surface area contributed by atoms with Crippen molar-refractivity contribution in [2.45, 2.75) is 23.8 Å². The Bertz CT molecular complexity index is 2880. The molecule has 19 heteroatoms. The first kappa shape index (κ1) is 41.4. The maximum absolute atomic E-state index is 14.4. The van der Waals surface area contributed by atoms with E-state index in [2.05, 4.69) is 30.3 Å². The predicted molar refractivity (Wildman–Crippen MR) is 220 cm³/mol. The average molecular weight is 864 g/mol. The second-order valence-electron chi connectivity index (χ2n) is 14.0. The summed E-state index contributed by atoms with van der Waals surface area (Å²) < 4.78 is 73.2. The molecule has 1 atom stereocenters. The van der Waals surface area contributed by atoms with Crippen LogP contribution in [0.2, 0.25) is 0 Å². The average Bonchev–Trinajstić information content (AvgIpc) is 3.51. The number of nitrogens with zero attached hydrogens (tertiary/aromatic N) is 4. The van der Waals surface area contributed by atoms with E-state index in [0.717, 1.165) is 22.6 Å². The van der Waals surface area contributed by atoms with Crippen molar-refractivity contribution in [3.05, 3.63) is 120 Å². The van der Waals surface area contributed by atoms with Crippen LogP contribution in [0.5, 0.6) is 11.6 Å². The molecule has 1 saturated heterocycles. The van der Waals surface area contributed by atoms with Gasteiger partial charge in [0.1, 0.15) is 46.9 Å². The van der Waals surface area contributed by atoms with Gasteiger partial charge in [-0.2, -0.15) is 0 Å². The number of sulfonamides is 1. The summed E-state index contributed by atoms with van der Waals surface area (Å²) in [7, 11) is -3.19. The van der Waals surface area contributed by atoms with Gasteiger partial charge in [0.2, 0.25) is 17.7 Å². The van der Waals surface area contributed by atoms with E-state index in [1.165, 1.54) is 31.8 Å². The van der Waals surface area contributed by atoms with Crippen LogP contribution in [0.15, 0.2) is 102 Å². The number of rotatable bonds is 15. The minimum Gasteiger partial charge on any atom is -0.491 e. The number of nitrogens with one attached hydrogen (secondary N) is 3. The molecule has 4 amide bonds. The number of imide groups is 2. The fourth-order valence-corrected chi connectivity index (χ4v) is 8.26. The molecule has 6 aromatic rings. The van der Waals surface area contributed by atoms with Crippen molar-refractivity contribution in [3.8, 4) is 34.0 Å². The molecule has 1 unspecified atom stereocenters. The molecule has 16 nitrogen and oxygen atoms in total. The molecule has 8 rings (SSSR count). The number of halogens is 2. The van der Waals surface area contributed by atoms with Gasteiger partial charge in [0.25, 0.3) is 21.8 Å². The third kappa shape index (κ3) is 8.35. The molecule has 2 aromatic heterocycles. The number of methoxy groups -OCH3 is 1. The number of ether oxygens (including phenoxy) is 3. The van der Waals surface area contributed by atoms with Crippen LogP contribution in [-0.4, -0.2) is 91.4 Å². The molecule has 2 aliphatic rings. The van der Waals surface area contributed by atoms with Gasteiger partial charge in [-0.15, -0.1) is 0 Å². The SMILES string of the molecule is COc1ncc(-c2ccc3ncnc(-c4ccc(OCCOCCNc5cccc6c5C(=O)N(C5CCC(=O)NC5=O)C6=O)cc4)c3c2)cc1NS(=O)(=O)c1ccc(F)cc1F. The Morgan fingerprint density at radius 1 is 0.839 bits per heavy atom. The first-order valence-electron chi connectivity index (χ1n) is 19.1. The molecule has 0 radical (unpaired) electrons. The monoisotopic (exact) mass is 863 g/mol. The standard InChI is InChI=1S/C43H35F2N7O9S/c1-59-41-34(51-62(57,58)36-13-8-27(44)21-31(36)45)20-26(22-47-41)25-7-11-32-30(19-25)39(49-23-48-32)24-5-9-28(10-6-24)61-18-17-60-16-15-46-33-4-2-3-29-38(33)43(56)52(42(29)55)35-12-14-37(53)50-40(35)54/h2-11,13,19-23,35,46,51H,12,14-18H2,1H3,(H,50,53,54). The summed E-state index contributed by atoms with van der Waals surface area (Å²) in [5.41, 5.74) is 3.87. The summed E-state index contributed by atoms with van der Waals surface area (Å²) >= 11 is 0. The van der Waals surface area contributed by atoms with E-state index >= 15 is 0 Å². The molecule has 0 aliphatic carbocycles. The van der Waals surface area contributed by atoms with Gasteiger partial charge in [-0.25, -0.2) is 32.2 Å². The predicted octanol–water partition coefficient (Wildman–Crippen LogP) is 5.36. The second-order valence-corrected chi connectivity index (χ2v) is 15.7. The lowest BCUT2D eigenvalue weighted by atomic mass is 10.0. The number of aromatic nitrogens is 3. The maximum Gasteiger partial charge on any atom is 0.264 e. The van der Waals surface area contributed by atoms with Crippen molar-refractivity contribution in [1.82, 2.24) is 25.2 Å². The maximum atomic E-state index is 14.4. The van der Waals surface area contributed by atoms with E-state index in [1.54, 1.807) is 36.4 Å². The molecule has 0 bridgehead atoms. The number of benzene rings is 4. The lowest BCUT2D eigenvalue weighted by Gasteiger charge is -2.27. The van der Waals surface area contributed by atoms with E-state index in [1.807, 2.05) is 18.2 Å². The molecule has 316 valence electrons. The largest absolute Gasteiger partial charge is 0.491 e. The highest BCUT2D eigenvalue weighted by molar-refractivity contribution is 7.92. The molecule has 4 aromatic carbocycles. The Kier molecular flexibility index (Phi) is 11.5. The summed E-state index contributed by atoms with van der Waals surface area (Å²) in [6.07, 6.45) is 3.04. The van der Waals surface area contributed by atoms with Crippen LogP contribution < -0.4 is 24.8 Å². The van der Waals surface area contributed by atoms with Crippen LogP contribution in [-0.2, 0) is 24.3 Å². The summed E-state index contributed by atoms with van der Waals surface area (Å²) in [5, 5.41) is 6.01. The minimum atomic E-state index is -4.49. The van der Waals surface area contributed by atoms with Crippen LogP contribution in [0.1, 0.15) is 33.6 Å². The fraction of sp³-hybridized carbons (Fsp3) is 0.186. The molecule has 2 aliphatic heterocycles. The van der Waals surface area contributed by atoms with E-state index in [4.69, 9.17) is 14.2 Å². The van der Waals surface area contributed by atoms with Gasteiger partial charge in [0, 0.05) is 47.4 Å². The van der Waals surface area contributed by atoms with Crippen molar-refractivity contribution in [3.63, 3.8) is 0 Å². The zero-order valence-electron chi connectivity index (χ0n) is 32.7. The summed E-state index contributed by atoms with van der Waals surface area (Å²) in [5.74, 6) is -3.96. The number of fused-ring (bicyclic) bond motifs is 2. The van der Waals surface area contributed by atoms with E-state index in [-0.39, 0.29) is 55.4 Å². The normalized spacial score (nSPS) is 15.1. The van der Waals surface area contributed by atoms with Crippen LogP contribution >= 0.6 is 0 Å². The zero-order valence-corrected chi connectivity index (χ0v) is 33.5. The summed E-state index contributed by atoms with van der Waals surface area (Å²) in [4.78, 5) is 63.8. The van der Waals surface area contributed by atoms with Crippen molar-refractivity contribution < 1.29 is 50.6 Å². The molecule has 4 heterocycles. The minimum absolute atomic E-state index is 0.0330. The molecular formula is C43H35F2N7O9S. The van der Waals surface area contributed by atoms with Gasteiger partial charge >= 0.3 is 0 Å². The lowest BCUT2D eigenvalue weighted by Crippen LogP contribution is -2.54. The smallest absolute Gasteiger partial charge is 0.264 e. The second kappa shape index (κ2) is 17.3. The first-order valence-corrected chi connectivity index (χ1v) is 20.6. The van der Waals surface area contributed by atoms with Gasteiger partial charge in [-0.3, -0.25) is 34.1 Å². The Morgan fingerprint density at radius 2 is 1.65 bits per heavy atom. The number of carbonyl (C=O) groups is 4. The number of pyridine rings is 1. The van der Waals surface area contributed by atoms with Crippen molar-refractivity contribution >= 4 is 55.9 Å². The van der Waals surface area contributed by atoms with Gasteiger partial charge < -0.3 is 19.5 Å². The van der Waals surface area contributed by atoms with Gasteiger partial charge in [0.05, 0.1) is 42.7 Å². The van der Waals surface area contributed by atoms with Gasteiger partial charge in [-0.1, -0.05) is 12.1 Å². The third-order valence-electron chi connectivity index (χ3n) is 10.1. The highest BCUT2D eigenvalue weighted by Gasteiger charge is 2.45. The molecule has 3 N–H and O–H groups in total. The number of hydrogen-bond donors (Lipinski definition) is 3. The Hall–Kier alpha value is -7.38. The Morgan fingerprint density at radius 3 is 2.42 bits per heavy atom. The fourth-order valence-electron chi connectivity index (χ4n) is 7.15. The lowest BCUT2D eigenvalue weighted by molar-refractivity contribution is -0.136. The van der Waals surface area contributed by atoms with Crippen LogP contribution in [0.3, 0.4) is 0 Å². The number of amides is 4. The molecule has 1 fully saturated rings. The van der Waals surface area contributed by atoms with Gasteiger partial charge in [-0.05, 0) is 78.7 Å². The van der Waals surface area contributed by atoms with Crippen LogP contribution in [0.25, 0.3) is 33.3 Å². The quantitative estimate of drug-likeness (QED) is 0.0880. The highest BCUT2D eigenvalue weighted by Crippen LogP contribution is 2.35. The Labute approximate surface area is 352 Å². The van der Waals surface area contributed by atoms with Crippen LogP contribution in [0, 0.1) is 11.6 Å². The van der Waals surface area contributed by atoms with Gasteiger partial charge in [0.15, 0.2) is 0 Å². The number of hydrogen-bond acceptors (Lipinski definition) is 13. The van der Waals surface area contributed by atoms with E-state index in [9.17, 15) is 36.4 Å². The summed E-state index contributed by atoms with van der Waals surface area (Å²) in [6.45, 7) is 1.06. The van der Waals surface area contributed by atoms with Crippen molar-refractivity contribution in [2.24, 2.45) is 0 Å². The molecular weight excluding hydrogens is 829 g/mol. The van der Waals surface area contributed by atoms with E-state index < -0.39 is 56.2 Å². The van der Waals surface area contributed by atoms with Crippen LogP contribution in [0.4, 0.5) is 20.2 Å². The highest BCUT2D eigenvalue weighted by atomic mass is 32.2. The molecule has 62 heavy (non-hydrogen) atoms. The Balaban J connectivity index is 0.872. The number of piperidine rings is 1. The molecule has 0 spiro atoms. The summed E-state index contributed by atoms with van der Waals surface area (Å²) in [6, 6.07) is 20.1. The van der Waals surface area contributed by atoms with Crippen molar-refractivity contribution in [1.29, 1.82) is 0 Å². The zero-order chi connectivity index (χ0) is 43.5. The number of carbonyl (C=O) groups excluding carboxylic acids is 4. The molecule has 0 saturated carbocycles. The van der Waals surface area contributed by atoms with Crippen molar-refractivity contribution in [2.75, 3.05) is 43.5 Å².